The Bertz CT molecular complexity index is 1090. The Morgan fingerprint density at radius 2 is 1.83 bits per heavy atom. The number of hydrogen-bond acceptors (Lipinski definition) is 8. The highest BCUT2D eigenvalue weighted by atomic mass is 35.5. The molecule has 0 bridgehead atoms. The predicted molar refractivity (Wildman–Crippen MR) is 115 cm³/mol. The van der Waals surface area contributed by atoms with Gasteiger partial charge in [-0.1, -0.05) is 11.6 Å². The second kappa shape index (κ2) is 8.92. The van der Waals surface area contributed by atoms with Crippen molar-refractivity contribution >= 4 is 69.6 Å². The van der Waals surface area contributed by atoms with Gasteiger partial charge in [-0.15, -0.1) is 11.3 Å². The molecule has 0 saturated carbocycles. The number of nitrogens with zero attached hydrogens (tertiary/aromatic N) is 4. The molecule has 9 nitrogen and oxygen atoms in total. The zero-order valence-corrected chi connectivity index (χ0v) is 17.6. The number of hydrogen-bond donors (Lipinski definition) is 2. The summed E-state index contributed by atoms with van der Waals surface area (Å²) in [5, 5.41) is 5.48. The molecule has 3 aromatic rings. The standard InChI is InChI=1S/C18H14Cl2N6O3S/c19-13-6-5-12(30-13)15(28)22-18-24-16(20)23-17(25-18)21-10-1-3-11(4-2-10)26-7-8-29-9-14(26)27/h1-6H,7-9H2,(H2,21,22,23,24,25,28). The lowest BCUT2D eigenvalue weighted by atomic mass is 10.2. The van der Waals surface area contributed by atoms with Crippen LogP contribution in [0.2, 0.25) is 9.62 Å². The number of halogens is 2. The van der Waals surface area contributed by atoms with Crippen LogP contribution in [0.15, 0.2) is 36.4 Å². The van der Waals surface area contributed by atoms with E-state index in [2.05, 4.69) is 25.6 Å². The third kappa shape index (κ3) is 4.85. The second-order valence-corrected chi connectivity index (χ2v) is 8.13. The van der Waals surface area contributed by atoms with Crippen molar-refractivity contribution in [2.75, 3.05) is 35.3 Å². The number of carbonyl (C=O) groups excluding carboxylic acids is 2. The van der Waals surface area contributed by atoms with Crippen molar-refractivity contribution < 1.29 is 14.3 Å². The number of aromatic nitrogens is 3. The second-order valence-electron chi connectivity index (χ2n) is 6.08. The molecular weight excluding hydrogens is 451 g/mol. The maximum atomic E-state index is 12.3. The predicted octanol–water partition coefficient (Wildman–Crippen LogP) is 3.60. The molecule has 3 heterocycles. The number of nitrogens with one attached hydrogen (secondary N) is 2. The lowest BCUT2D eigenvalue weighted by molar-refractivity contribution is -0.125. The van der Waals surface area contributed by atoms with E-state index in [0.29, 0.717) is 28.1 Å². The molecular formula is C18H14Cl2N6O3S. The molecule has 2 amide bonds. The summed E-state index contributed by atoms with van der Waals surface area (Å²) in [5.41, 5.74) is 1.44. The van der Waals surface area contributed by atoms with Crippen molar-refractivity contribution in [1.29, 1.82) is 0 Å². The van der Waals surface area contributed by atoms with Gasteiger partial charge in [0.05, 0.1) is 15.8 Å². The molecule has 12 heteroatoms. The van der Waals surface area contributed by atoms with Crippen LogP contribution >= 0.6 is 34.5 Å². The third-order valence-electron chi connectivity index (χ3n) is 4.05. The Morgan fingerprint density at radius 3 is 2.53 bits per heavy atom. The van der Waals surface area contributed by atoms with E-state index in [0.717, 1.165) is 17.0 Å². The van der Waals surface area contributed by atoms with Crippen LogP contribution in [0.5, 0.6) is 0 Å². The molecule has 2 aromatic heterocycles. The van der Waals surface area contributed by atoms with E-state index in [-0.39, 0.29) is 29.7 Å². The van der Waals surface area contributed by atoms with Gasteiger partial charge in [-0.05, 0) is 48.0 Å². The smallest absolute Gasteiger partial charge is 0.268 e. The fourth-order valence-corrected chi connectivity index (χ4v) is 3.80. The summed E-state index contributed by atoms with van der Waals surface area (Å²) < 4.78 is 5.64. The normalized spacial score (nSPS) is 13.9. The molecule has 0 spiro atoms. The average Bonchev–Trinajstić information content (AvgIpc) is 3.15. The first kappa shape index (κ1) is 20.5. The first-order chi connectivity index (χ1) is 14.5. The number of anilines is 4. The minimum absolute atomic E-state index is 0.00237. The van der Waals surface area contributed by atoms with Gasteiger partial charge in [0.25, 0.3) is 11.8 Å². The molecule has 0 radical (unpaired) electrons. The van der Waals surface area contributed by atoms with Crippen LogP contribution in [0.25, 0.3) is 0 Å². The molecule has 154 valence electrons. The Hall–Kier alpha value is -2.79. The molecule has 0 aliphatic carbocycles. The topological polar surface area (TPSA) is 109 Å². The fourth-order valence-electron chi connectivity index (χ4n) is 2.71. The molecule has 1 fully saturated rings. The van der Waals surface area contributed by atoms with Crippen molar-refractivity contribution in [2.45, 2.75) is 0 Å². The summed E-state index contributed by atoms with van der Waals surface area (Å²) in [5.74, 6) is -0.328. The molecule has 0 unspecified atom stereocenters. The molecule has 4 rings (SSSR count). The highest BCUT2D eigenvalue weighted by Crippen LogP contribution is 2.24. The number of ether oxygens (including phenoxy) is 1. The SMILES string of the molecule is O=C(Nc1nc(Cl)nc(Nc2ccc(N3CCOCC3=O)cc2)n1)c1ccc(Cl)s1. The van der Waals surface area contributed by atoms with Gasteiger partial charge in [0.2, 0.25) is 17.2 Å². The van der Waals surface area contributed by atoms with Gasteiger partial charge in [0, 0.05) is 17.9 Å². The van der Waals surface area contributed by atoms with Crippen LogP contribution < -0.4 is 15.5 Å². The zero-order chi connectivity index (χ0) is 21.1. The van der Waals surface area contributed by atoms with Gasteiger partial charge < -0.3 is 15.0 Å². The van der Waals surface area contributed by atoms with Crippen LogP contribution in [0, 0.1) is 0 Å². The number of benzene rings is 1. The number of carbonyl (C=O) groups is 2. The van der Waals surface area contributed by atoms with E-state index in [1.807, 2.05) is 0 Å². The number of amides is 2. The van der Waals surface area contributed by atoms with Crippen molar-refractivity contribution in [2.24, 2.45) is 0 Å². The first-order valence-corrected chi connectivity index (χ1v) is 10.3. The lowest BCUT2D eigenvalue weighted by Crippen LogP contribution is -2.41. The molecule has 1 aliphatic heterocycles. The summed E-state index contributed by atoms with van der Waals surface area (Å²) in [6.45, 7) is 1.09. The molecule has 1 saturated heterocycles. The van der Waals surface area contributed by atoms with Gasteiger partial charge in [-0.3, -0.25) is 14.9 Å². The maximum absolute atomic E-state index is 12.3. The Morgan fingerprint density at radius 1 is 1.07 bits per heavy atom. The van der Waals surface area contributed by atoms with E-state index in [1.165, 1.54) is 0 Å². The van der Waals surface area contributed by atoms with E-state index in [4.69, 9.17) is 27.9 Å². The number of thiophene rings is 1. The lowest BCUT2D eigenvalue weighted by Gasteiger charge is -2.26. The van der Waals surface area contributed by atoms with Crippen LogP contribution in [0.3, 0.4) is 0 Å². The first-order valence-electron chi connectivity index (χ1n) is 8.71. The minimum Gasteiger partial charge on any atom is -0.370 e. The van der Waals surface area contributed by atoms with E-state index in [9.17, 15) is 9.59 Å². The van der Waals surface area contributed by atoms with Crippen molar-refractivity contribution in [3.63, 3.8) is 0 Å². The van der Waals surface area contributed by atoms with Gasteiger partial charge in [-0.2, -0.15) is 15.0 Å². The third-order valence-corrected chi connectivity index (χ3v) is 5.45. The van der Waals surface area contributed by atoms with Crippen LogP contribution in [0.4, 0.5) is 23.3 Å². The summed E-state index contributed by atoms with van der Waals surface area (Å²) >= 11 is 13.0. The molecule has 1 aromatic carbocycles. The minimum atomic E-state index is -0.403. The molecule has 2 N–H and O–H groups in total. The Kier molecular flexibility index (Phi) is 6.09. The van der Waals surface area contributed by atoms with Gasteiger partial charge in [0.15, 0.2) is 0 Å². The monoisotopic (exact) mass is 464 g/mol. The van der Waals surface area contributed by atoms with Gasteiger partial charge in [0.1, 0.15) is 6.61 Å². The van der Waals surface area contributed by atoms with Crippen LogP contribution in [-0.4, -0.2) is 46.5 Å². The van der Waals surface area contributed by atoms with E-state index in [1.54, 1.807) is 41.3 Å². The number of morpholine rings is 1. The van der Waals surface area contributed by atoms with Crippen molar-refractivity contribution in [3.8, 4) is 0 Å². The van der Waals surface area contributed by atoms with E-state index < -0.39 is 5.91 Å². The van der Waals surface area contributed by atoms with Crippen LogP contribution in [-0.2, 0) is 9.53 Å². The molecule has 0 atom stereocenters. The molecule has 1 aliphatic rings. The largest absolute Gasteiger partial charge is 0.370 e. The summed E-state index contributed by atoms with van der Waals surface area (Å²) in [7, 11) is 0. The number of rotatable bonds is 5. The van der Waals surface area contributed by atoms with Gasteiger partial charge >= 0.3 is 0 Å². The van der Waals surface area contributed by atoms with Crippen molar-refractivity contribution in [1.82, 2.24) is 15.0 Å². The maximum Gasteiger partial charge on any atom is 0.268 e. The van der Waals surface area contributed by atoms with Crippen LogP contribution in [0.1, 0.15) is 9.67 Å². The summed E-state index contributed by atoms with van der Waals surface area (Å²) in [4.78, 5) is 38.4. The van der Waals surface area contributed by atoms with Gasteiger partial charge in [-0.25, -0.2) is 0 Å². The summed E-state index contributed by atoms with van der Waals surface area (Å²) in [6.07, 6.45) is 0. The fraction of sp³-hybridized carbons (Fsp3) is 0.167. The van der Waals surface area contributed by atoms with E-state index >= 15 is 0 Å². The van der Waals surface area contributed by atoms with Crippen molar-refractivity contribution in [3.05, 3.63) is 50.9 Å². The molecule has 30 heavy (non-hydrogen) atoms. The highest BCUT2D eigenvalue weighted by molar-refractivity contribution is 7.18. The summed E-state index contributed by atoms with van der Waals surface area (Å²) in [6, 6.07) is 10.4. The highest BCUT2D eigenvalue weighted by Gasteiger charge is 2.20. The quantitative estimate of drug-likeness (QED) is 0.593. The zero-order valence-electron chi connectivity index (χ0n) is 15.3. The Labute approximate surface area is 185 Å². The Balaban J connectivity index is 1.46. The average molecular weight is 465 g/mol.